The van der Waals surface area contributed by atoms with Crippen molar-refractivity contribution in [3.05, 3.63) is 242 Å². The van der Waals surface area contributed by atoms with Crippen molar-refractivity contribution in [2.75, 3.05) is 0 Å². The van der Waals surface area contributed by atoms with E-state index < -0.39 is 0 Å². The van der Waals surface area contributed by atoms with Crippen molar-refractivity contribution in [1.29, 1.82) is 0 Å². The average molecular weight is 923 g/mol. The Hall–Kier alpha value is -9.10. The van der Waals surface area contributed by atoms with Gasteiger partial charge in [-0.3, -0.25) is 0 Å². The van der Waals surface area contributed by atoms with Gasteiger partial charge in [-0.2, -0.15) is 0 Å². The molecule has 14 aromatic rings. The predicted octanol–water partition coefficient (Wildman–Crippen LogP) is 20.8. The molecule has 0 amide bonds. The molecule has 0 unspecified atom stereocenters. The summed E-state index contributed by atoms with van der Waals surface area (Å²) in [7, 11) is 0. The standard InChI is InChI=1S/C73H46/c1-42(2)47-35-36-58-63(41-47)67(55-34-16-24-46-20-6-10-28-51(46)55)73-62-40-39-60-68-59(37-38-61(69(62)68)72(73)66(58)54-33-15-23-45-19-5-9-27-50(45)54)70-64(52-31-13-21-43-17-3-7-25-48(43)52)56-29-11-12-30-57(56)65(71(60)70)53-32-14-22-44-18-4-8-26-49(44)53/h3-42H,1-2H3. The highest BCUT2D eigenvalue weighted by Gasteiger charge is 2.38. The number of rotatable bonds is 5. The average Bonchev–Trinajstić information content (AvgIpc) is 3.95. The largest absolute Gasteiger partial charge is 0.0616 e. The number of fused-ring (bicyclic) bond motifs is 12. The van der Waals surface area contributed by atoms with Crippen LogP contribution < -0.4 is 0 Å². The maximum Gasteiger partial charge on any atom is -0.000718 e. The van der Waals surface area contributed by atoms with Crippen molar-refractivity contribution < 1.29 is 0 Å². The zero-order chi connectivity index (χ0) is 48.1. The second kappa shape index (κ2) is 15.2. The molecule has 0 heteroatoms. The summed E-state index contributed by atoms with van der Waals surface area (Å²) >= 11 is 0. The van der Waals surface area contributed by atoms with Gasteiger partial charge in [0.05, 0.1) is 0 Å². The highest BCUT2D eigenvalue weighted by atomic mass is 14.4. The Morgan fingerprint density at radius 3 is 0.808 bits per heavy atom. The fourth-order valence-corrected chi connectivity index (χ4v) is 13.6. The Morgan fingerprint density at radius 2 is 0.479 bits per heavy atom. The van der Waals surface area contributed by atoms with Gasteiger partial charge >= 0.3 is 0 Å². The van der Waals surface area contributed by atoms with Crippen molar-refractivity contribution >= 4 is 75.4 Å². The number of hydrogen-bond acceptors (Lipinski definition) is 0. The Kier molecular flexibility index (Phi) is 8.46. The SMILES string of the molecule is CC(C)c1ccc2c(-c3cccc4ccccc34)c3c(c(-c4cccc5ccccc45)c2c1)-c1ccc2c4c(ccc-3c14)-c1c-2c(-c2cccc3ccccc23)c2ccccc2c1-c1cccc2ccccc12. The summed E-state index contributed by atoms with van der Waals surface area (Å²) in [4.78, 5) is 0. The van der Waals surface area contributed by atoms with Gasteiger partial charge in [0.15, 0.2) is 0 Å². The highest BCUT2D eigenvalue weighted by Crippen LogP contribution is 2.65. The molecule has 0 fully saturated rings. The molecular weight excluding hydrogens is 877 g/mol. The van der Waals surface area contributed by atoms with Gasteiger partial charge in [0.25, 0.3) is 0 Å². The maximum absolute atomic E-state index is 2.53. The molecule has 0 heterocycles. The highest BCUT2D eigenvalue weighted by molar-refractivity contribution is 6.37. The van der Waals surface area contributed by atoms with Crippen molar-refractivity contribution in [2.45, 2.75) is 19.8 Å². The Balaban J connectivity index is 1.11. The number of benzene rings is 14. The fraction of sp³-hybridized carbons (Fsp3) is 0.0411. The third-order valence-corrected chi connectivity index (χ3v) is 16.7. The summed E-state index contributed by atoms with van der Waals surface area (Å²) in [6, 6.07) is 89.9. The quantitative estimate of drug-likeness (QED) is 0.161. The van der Waals surface area contributed by atoms with E-state index in [1.165, 1.54) is 170 Å². The van der Waals surface area contributed by atoms with Crippen LogP contribution in [0.15, 0.2) is 237 Å². The first-order chi connectivity index (χ1) is 36.1. The molecule has 2 aliphatic rings. The predicted molar refractivity (Wildman–Crippen MR) is 314 cm³/mol. The van der Waals surface area contributed by atoms with Crippen molar-refractivity contribution in [2.24, 2.45) is 0 Å². The summed E-state index contributed by atoms with van der Waals surface area (Å²) in [5.41, 5.74) is 22.2. The van der Waals surface area contributed by atoms with Gasteiger partial charge in [0.1, 0.15) is 0 Å². The van der Waals surface area contributed by atoms with E-state index in [1.807, 2.05) is 0 Å². The van der Waals surface area contributed by atoms with Gasteiger partial charge in [0.2, 0.25) is 0 Å². The van der Waals surface area contributed by atoms with Gasteiger partial charge in [-0.25, -0.2) is 0 Å². The summed E-state index contributed by atoms with van der Waals surface area (Å²) in [5, 5.41) is 17.9. The molecule has 16 rings (SSSR count). The lowest BCUT2D eigenvalue weighted by molar-refractivity contribution is 0.869. The summed E-state index contributed by atoms with van der Waals surface area (Å²) in [5.74, 6) is 0.361. The minimum Gasteiger partial charge on any atom is -0.0616 e. The molecule has 0 saturated carbocycles. The zero-order valence-corrected chi connectivity index (χ0v) is 40.6. The monoisotopic (exact) mass is 922 g/mol. The van der Waals surface area contributed by atoms with Crippen molar-refractivity contribution in [3.8, 4) is 89.0 Å². The van der Waals surface area contributed by atoms with Crippen LogP contribution in [0.3, 0.4) is 0 Å². The van der Waals surface area contributed by atoms with E-state index in [9.17, 15) is 0 Å². The second-order valence-electron chi connectivity index (χ2n) is 20.7. The molecule has 0 radical (unpaired) electrons. The van der Waals surface area contributed by atoms with Gasteiger partial charge in [-0.1, -0.05) is 250 Å². The summed E-state index contributed by atoms with van der Waals surface area (Å²) < 4.78 is 0. The molecule has 0 atom stereocenters. The molecule has 0 spiro atoms. The third-order valence-electron chi connectivity index (χ3n) is 16.7. The topological polar surface area (TPSA) is 0 Å². The molecule has 0 aliphatic heterocycles. The molecule has 73 heavy (non-hydrogen) atoms. The van der Waals surface area contributed by atoms with Crippen molar-refractivity contribution in [3.63, 3.8) is 0 Å². The van der Waals surface area contributed by atoms with E-state index in [-0.39, 0.29) is 0 Å². The van der Waals surface area contributed by atoms with E-state index in [0.717, 1.165) is 0 Å². The van der Waals surface area contributed by atoms with Crippen LogP contribution in [0, 0.1) is 0 Å². The smallest absolute Gasteiger partial charge is 0.000718 e. The van der Waals surface area contributed by atoms with Crippen LogP contribution in [0.25, 0.3) is 164 Å². The molecule has 338 valence electrons. The molecule has 14 aromatic carbocycles. The lowest BCUT2D eigenvalue weighted by Crippen LogP contribution is -1.97. The zero-order valence-electron chi connectivity index (χ0n) is 40.6. The Morgan fingerprint density at radius 1 is 0.205 bits per heavy atom. The first-order valence-electron chi connectivity index (χ1n) is 25.9. The Bertz CT molecular complexity index is 4600. The van der Waals surface area contributed by atoms with E-state index in [0.29, 0.717) is 5.92 Å². The maximum atomic E-state index is 2.53. The van der Waals surface area contributed by atoms with Gasteiger partial charge < -0.3 is 0 Å². The molecule has 0 bridgehead atoms. The van der Waals surface area contributed by atoms with Crippen LogP contribution in [0.1, 0.15) is 25.3 Å². The van der Waals surface area contributed by atoms with Crippen LogP contribution in [-0.2, 0) is 0 Å². The fourth-order valence-electron chi connectivity index (χ4n) is 13.6. The first kappa shape index (κ1) is 40.6. The molecule has 0 aromatic heterocycles. The lowest BCUT2D eigenvalue weighted by Gasteiger charge is -2.23. The first-order valence-corrected chi connectivity index (χ1v) is 25.9. The van der Waals surface area contributed by atoms with E-state index in [1.54, 1.807) is 0 Å². The van der Waals surface area contributed by atoms with Crippen LogP contribution in [0.5, 0.6) is 0 Å². The molecule has 0 nitrogen and oxygen atoms in total. The summed E-state index contributed by atoms with van der Waals surface area (Å²) in [6.07, 6.45) is 0. The van der Waals surface area contributed by atoms with Gasteiger partial charge in [-0.05, 0) is 176 Å². The van der Waals surface area contributed by atoms with Gasteiger partial charge in [0, 0.05) is 0 Å². The van der Waals surface area contributed by atoms with E-state index in [2.05, 4.69) is 250 Å². The van der Waals surface area contributed by atoms with E-state index in [4.69, 9.17) is 0 Å². The Labute approximate surface area is 424 Å². The molecular formula is C73H46. The second-order valence-corrected chi connectivity index (χ2v) is 20.7. The molecule has 0 N–H and O–H groups in total. The minimum absolute atomic E-state index is 0.361. The third kappa shape index (κ3) is 5.56. The van der Waals surface area contributed by atoms with Gasteiger partial charge in [-0.15, -0.1) is 0 Å². The minimum atomic E-state index is 0.361. The number of hydrogen-bond donors (Lipinski definition) is 0. The van der Waals surface area contributed by atoms with Crippen LogP contribution in [0.4, 0.5) is 0 Å². The molecule has 0 saturated heterocycles. The van der Waals surface area contributed by atoms with Crippen LogP contribution in [-0.4, -0.2) is 0 Å². The lowest BCUT2D eigenvalue weighted by atomic mass is 9.79. The normalized spacial score (nSPS) is 12.4. The van der Waals surface area contributed by atoms with Crippen LogP contribution >= 0.6 is 0 Å². The molecule has 2 aliphatic carbocycles. The summed E-state index contributed by atoms with van der Waals surface area (Å²) in [6.45, 7) is 4.65. The van der Waals surface area contributed by atoms with Crippen LogP contribution in [0.2, 0.25) is 0 Å². The van der Waals surface area contributed by atoms with E-state index >= 15 is 0 Å². The van der Waals surface area contributed by atoms with Crippen molar-refractivity contribution in [1.82, 2.24) is 0 Å².